The second-order valence-corrected chi connectivity index (χ2v) is 9.92. The minimum Gasteiger partial charge on any atom is -0.497 e. The summed E-state index contributed by atoms with van der Waals surface area (Å²) in [6.07, 6.45) is 1.63. The van der Waals surface area contributed by atoms with Gasteiger partial charge in [-0.1, -0.05) is 30.0 Å². The Morgan fingerprint density at radius 1 is 0.902 bits per heavy atom. The second-order valence-electron chi connectivity index (χ2n) is 8.98. The van der Waals surface area contributed by atoms with Crippen LogP contribution in [0.1, 0.15) is 17.0 Å². The molecule has 0 atom stereocenters. The number of hydrazone groups is 1. The van der Waals surface area contributed by atoms with Gasteiger partial charge in [0.15, 0.2) is 11.0 Å². The molecule has 0 bridgehead atoms. The lowest BCUT2D eigenvalue weighted by atomic mass is 10.2. The molecule has 0 aliphatic heterocycles. The van der Waals surface area contributed by atoms with Crippen LogP contribution in [0.25, 0.3) is 22.8 Å². The Hall–Kier alpha value is -4.90. The van der Waals surface area contributed by atoms with Gasteiger partial charge in [0.05, 0.1) is 43.3 Å². The molecule has 0 saturated carbocycles. The predicted molar refractivity (Wildman–Crippen MR) is 159 cm³/mol. The Labute approximate surface area is 242 Å². The fourth-order valence-corrected chi connectivity index (χ4v) is 4.99. The number of hydrogen-bond acceptors (Lipinski definition) is 8. The fraction of sp³-hybridized carbons (Fsp3) is 0.167. The lowest BCUT2D eigenvalue weighted by Gasteiger charge is -2.11. The fourth-order valence-electron chi connectivity index (χ4n) is 4.25. The summed E-state index contributed by atoms with van der Waals surface area (Å²) in [5, 5.41) is 18.2. The van der Waals surface area contributed by atoms with Crippen LogP contribution < -0.4 is 14.9 Å². The second kappa shape index (κ2) is 12.5. The van der Waals surface area contributed by atoms with Gasteiger partial charge in [-0.05, 0) is 74.5 Å². The number of carbonyl (C=O) groups is 1. The number of nitrogens with one attached hydrogen (secondary N) is 1. The van der Waals surface area contributed by atoms with Gasteiger partial charge in [0.1, 0.15) is 11.5 Å². The van der Waals surface area contributed by atoms with E-state index >= 15 is 0 Å². The van der Waals surface area contributed by atoms with E-state index < -0.39 is 0 Å². The molecule has 2 heterocycles. The molecule has 0 fully saturated rings. The Balaban J connectivity index is 1.31. The highest BCUT2D eigenvalue weighted by Gasteiger charge is 2.18. The summed E-state index contributed by atoms with van der Waals surface area (Å²) in [6, 6.07) is 25.0. The quantitative estimate of drug-likeness (QED) is 0.144. The molecule has 0 saturated heterocycles. The third-order valence-corrected chi connectivity index (χ3v) is 7.30. The third-order valence-electron chi connectivity index (χ3n) is 6.38. The van der Waals surface area contributed by atoms with E-state index in [1.165, 1.54) is 11.8 Å². The van der Waals surface area contributed by atoms with E-state index in [-0.39, 0.29) is 11.7 Å². The van der Waals surface area contributed by atoms with E-state index in [1.807, 2.05) is 102 Å². The SMILES string of the molecule is COc1ccc(-c2nnc(SCC(=O)N/N=C/c3c(C)nn(-c4ccccc4)c3C)n2-c2ccc(OC)cc2)cc1. The first-order chi connectivity index (χ1) is 20.0. The molecule has 0 unspecified atom stereocenters. The lowest BCUT2D eigenvalue weighted by molar-refractivity contribution is -0.118. The number of para-hydroxylation sites is 1. The molecule has 0 radical (unpaired) electrons. The highest BCUT2D eigenvalue weighted by molar-refractivity contribution is 7.99. The van der Waals surface area contributed by atoms with Gasteiger partial charge < -0.3 is 9.47 Å². The number of aromatic nitrogens is 5. The number of nitrogens with zero attached hydrogens (tertiary/aromatic N) is 6. The van der Waals surface area contributed by atoms with Crippen LogP contribution in [0.5, 0.6) is 11.5 Å². The van der Waals surface area contributed by atoms with Gasteiger partial charge in [-0.25, -0.2) is 10.1 Å². The first kappa shape index (κ1) is 27.7. The molecule has 0 aliphatic rings. The highest BCUT2D eigenvalue weighted by atomic mass is 32.2. The van der Waals surface area contributed by atoms with E-state index in [4.69, 9.17) is 9.47 Å². The number of methoxy groups -OCH3 is 2. The van der Waals surface area contributed by atoms with Crippen LogP contribution in [0.4, 0.5) is 0 Å². The Kier molecular flexibility index (Phi) is 8.44. The van der Waals surface area contributed by atoms with Crippen molar-refractivity contribution in [2.45, 2.75) is 19.0 Å². The Morgan fingerprint density at radius 2 is 1.56 bits per heavy atom. The van der Waals surface area contributed by atoms with E-state index in [2.05, 4.69) is 25.8 Å². The molecule has 2 aromatic heterocycles. The van der Waals surface area contributed by atoms with Gasteiger partial charge in [-0.3, -0.25) is 9.36 Å². The molecule has 5 aromatic rings. The van der Waals surface area contributed by atoms with Crippen molar-refractivity contribution in [1.82, 2.24) is 30.0 Å². The number of rotatable bonds is 10. The van der Waals surface area contributed by atoms with Crippen LogP contribution in [0, 0.1) is 13.8 Å². The van der Waals surface area contributed by atoms with Crippen molar-refractivity contribution in [3.05, 3.63) is 95.8 Å². The number of amides is 1. The van der Waals surface area contributed by atoms with Gasteiger partial charge in [0.2, 0.25) is 0 Å². The molecule has 10 nitrogen and oxygen atoms in total. The monoisotopic (exact) mass is 567 g/mol. The van der Waals surface area contributed by atoms with Crippen LogP contribution in [-0.2, 0) is 4.79 Å². The molecule has 1 N–H and O–H groups in total. The summed E-state index contributed by atoms with van der Waals surface area (Å²) >= 11 is 1.27. The normalized spacial score (nSPS) is 11.1. The van der Waals surface area contributed by atoms with Crippen LogP contribution in [0.2, 0.25) is 0 Å². The van der Waals surface area contributed by atoms with Gasteiger partial charge >= 0.3 is 0 Å². The Bertz CT molecular complexity index is 1660. The van der Waals surface area contributed by atoms with Crippen LogP contribution in [0.15, 0.2) is 89.1 Å². The largest absolute Gasteiger partial charge is 0.497 e. The zero-order valence-electron chi connectivity index (χ0n) is 23.1. The van der Waals surface area contributed by atoms with Crippen LogP contribution in [-0.4, -0.2) is 56.6 Å². The number of thioether (sulfide) groups is 1. The topological polar surface area (TPSA) is 108 Å². The summed E-state index contributed by atoms with van der Waals surface area (Å²) in [7, 11) is 3.25. The van der Waals surface area contributed by atoms with E-state index in [0.29, 0.717) is 11.0 Å². The molecular weight excluding hydrogens is 538 g/mol. The van der Waals surface area contributed by atoms with Gasteiger partial charge in [-0.15, -0.1) is 10.2 Å². The summed E-state index contributed by atoms with van der Waals surface area (Å²) in [6.45, 7) is 3.89. The molecule has 0 spiro atoms. The van der Waals surface area contributed by atoms with Crippen LogP contribution >= 0.6 is 11.8 Å². The van der Waals surface area contributed by atoms with Crippen molar-refractivity contribution in [3.8, 4) is 34.3 Å². The zero-order valence-corrected chi connectivity index (χ0v) is 23.9. The maximum absolute atomic E-state index is 12.7. The van der Waals surface area contributed by atoms with Gasteiger partial charge in [-0.2, -0.15) is 10.2 Å². The van der Waals surface area contributed by atoms with Gasteiger partial charge in [0.25, 0.3) is 5.91 Å². The summed E-state index contributed by atoms with van der Waals surface area (Å²) < 4.78 is 14.4. The molecular formula is C30H29N7O3S. The molecule has 11 heteroatoms. The first-order valence-electron chi connectivity index (χ1n) is 12.8. The zero-order chi connectivity index (χ0) is 28.8. The Morgan fingerprint density at radius 3 is 2.22 bits per heavy atom. The average molecular weight is 568 g/mol. The minimum atomic E-state index is -0.271. The maximum Gasteiger partial charge on any atom is 0.250 e. The molecule has 208 valence electrons. The van der Waals surface area contributed by atoms with Crippen LogP contribution in [0.3, 0.4) is 0 Å². The van der Waals surface area contributed by atoms with E-state index in [9.17, 15) is 4.79 Å². The van der Waals surface area contributed by atoms with Gasteiger partial charge in [0, 0.05) is 16.8 Å². The number of ether oxygens (including phenoxy) is 2. The molecule has 5 rings (SSSR count). The molecule has 0 aliphatic carbocycles. The molecule has 1 amide bonds. The van der Waals surface area contributed by atoms with E-state index in [0.717, 1.165) is 45.4 Å². The standard InChI is InChI=1S/C30H29N7O3S/c1-20-27(21(2)37(35-20)24-8-6-5-7-9-24)18-31-32-28(38)19-41-30-34-33-29(22-10-14-25(39-3)15-11-22)36(30)23-12-16-26(40-4)17-13-23/h5-18H,19H2,1-4H3,(H,32,38)/b31-18+. The maximum atomic E-state index is 12.7. The first-order valence-corrected chi connectivity index (χ1v) is 13.8. The van der Waals surface area contributed by atoms with E-state index in [1.54, 1.807) is 20.4 Å². The predicted octanol–water partition coefficient (Wildman–Crippen LogP) is 5.00. The molecule has 41 heavy (non-hydrogen) atoms. The van der Waals surface area contributed by atoms with Crippen molar-refractivity contribution in [1.29, 1.82) is 0 Å². The number of hydrogen-bond donors (Lipinski definition) is 1. The molecule has 3 aromatic carbocycles. The highest BCUT2D eigenvalue weighted by Crippen LogP contribution is 2.30. The minimum absolute atomic E-state index is 0.0927. The summed E-state index contributed by atoms with van der Waals surface area (Å²) in [4.78, 5) is 12.7. The smallest absolute Gasteiger partial charge is 0.250 e. The average Bonchev–Trinajstić information content (AvgIpc) is 3.57. The number of aryl methyl sites for hydroxylation is 1. The number of carbonyl (C=O) groups excluding carboxylic acids is 1. The van der Waals surface area contributed by atoms with Crippen molar-refractivity contribution in [2.24, 2.45) is 5.10 Å². The lowest BCUT2D eigenvalue weighted by Crippen LogP contribution is -2.20. The number of benzene rings is 3. The van der Waals surface area contributed by atoms with Crippen molar-refractivity contribution in [2.75, 3.05) is 20.0 Å². The van der Waals surface area contributed by atoms with Crippen molar-refractivity contribution in [3.63, 3.8) is 0 Å². The summed E-state index contributed by atoms with van der Waals surface area (Å²) in [5.41, 5.74) is 7.87. The van der Waals surface area contributed by atoms with Crippen molar-refractivity contribution < 1.29 is 14.3 Å². The summed E-state index contributed by atoms with van der Waals surface area (Å²) in [5.74, 6) is 1.94. The van der Waals surface area contributed by atoms with Crippen molar-refractivity contribution >= 4 is 23.9 Å². The third kappa shape index (κ3) is 6.15.